The van der Waals surface area contributed by atoms with Crippen LogP contribution in [-0.4, -0.2) is 5.11 Å². The van der Waals surface area contributed by atoms with Gasteiger partial charge in [-0.3, -0.25) is 0 Å². The van der Waals surface area contributed by atoms with Gasteiger partial charge >= 0.3 is 0 Å². The number of rotatable bonds is 3. The standard InChI is InChI=1S/C9H10O.C7H8O/c1-2-10-8-9-6-4-3-5-7-9;1-6-2-4-7(8)5-3-6/h2-7H,1,8H2;2-5,8H,1H3. The van der Waals surface area contributed by atoms with Crippen molar-refractivity contribution in [1.29, 1.82) is 0 Å². The zero-order chi connectivity index (χ0) is 13.2. The van der Waals surface area contributed by atoms with Gasteiger partial charge in [-0.15, -0.1) is 0 Å². The van der Waals surface area contributed by atoms with E-state index in [0.29, 0.717) is 12.4 Å². The van der Waals surface area contributed by atoms with Crippen LogP contribution in [0.1, 0.15) is 11.1 Å². The normalized spacial score (nSPS) is 8.94. The quantitative estimate of drug-likeness (QED) is 0.823. The van der Waals surface area contributed by atoms with Gasteiger partial charge in [-0.25, -0.2) is 0 Å². The second-order valence-corrected chi connectivity index (χ2v) is 3.80. The maximum absolute atomic E-state index is 8.76. The van der Waals surface area contributed by atoms with Crippen LogP contribution in [0.25, 0.3) is 0 Å². The van der Waals surface area contributed by atoms with E-state index in [1.54, 1.807) is 12.1 Å². The molecule has 2 aromatic rings. The minimum Gasteiger partial charge on any atom is -0.508 e. The molecule has 0 heterocycles. The van der Waals surface area contributed by atoms with Crippen molar-refractivity contribution in [3.63, 3.8) is 0 Å². The monoisotopic (exact) mass is 242 g/mol. The third-order valence-electron chi connectivity index (χ3n) is 2.24. The second kappa shape index (κ2) is 7.96. The van der Waals surface area contributed by atoms with Gasteiger partial charge in [-0.05, 0) is 24.6 Å². The van der Waals surface area contributed by atoms with E-state index in [2.05, 4.69) is 6.58 Å². The minimum atomic E-state index is 0.329. The van der Waals surface area contributed by atoms with Crippen molar-refractivity contribution in [2.24, 2.45) is 0 Å². The van der Waals surface area contributed by atoms with Gasteiger partial charge < -0.3 is 9.84 Å². The Labute approximate surface area is 108 Å². The number of hydrogen-bond donors (Lipinski definition) is 1. The number of aromatic hydroxyl groups is 1. The Kier molecular flexibility index (Phi) is 6.12. The Balaban J connectivity index is 0.000000184. The summed E-state index contributed by atoms with van der Waals surface area (Å²) < 4.78 is 4.98. The molecule has 0 aliphatic heterocycles. The van der Waals surface area contributed by atoms with E-state index in [-0.39, 0.29) is 0 Å². The second-order valence-electron chi connectivity index (χ2n) is 3.80. The maximum Gasteiger partial charge on any atom is 0.115 e. The van der Waals surface area contributed by atoms with Crippen molar-refractivity contribution in [2.45, 2.75) is 13.5 Å². The fourth-order valence-corrected chi connectivity index (χ4v) is 1.27. The van der Waals surface area contributed by atoms with Gasteiger partial charge in [0.05, 0.1) is 6.26 Å². The molecule has 0 aromatic heterocycles. The van der Waals surface area contributed by atoms with Crippen LogP contribution < -0.4 is 0 Å². The molecule has 1 N–H and O–H groups in total. The zero-order valence-corrected chi connectivity index (χ0v) is 10.5. The summed E-state index contributed by atoms with van der Waals surface area (Å²) in [7, 11) is 0. The number of ether oxygens (including phenoxy) is 1. The van der Waals surface area contributed by atoms with Crippen LogP contribution in [0.3, 0.4) is 0 Å². The van der Waals surface area contributed by atoms with Crippen LogP contribution in [0.4, 0.5) is 0 Å². The highest BCUT2D eigenvalue weighted by molar-refractivity contribution is 5.24. The first kappa shape index (κ1) is 13.8. The lowest BCUT2D eigenvalue weighted by atomic mass is 10.2. The number of phenols is 1. The molecule has 18 heavy (non-hydrogen) atoms. The summed E-state index contributed by atoms with van der Waals surface area (Å²) in [5, 5.41) is 8.76. The molecule has 0 atom stereocenters. The lowest BCUT2D eigenvalue weighted by Crippen LogP contribution is -1.83. The molecule has 2 nitrogen and oxygen atoms in total. The van der Waals surface area contributed by atoms with Gasteiger partial charge in [0.1, 0.15) is 12.4 Å². The summed E-state index contributed by atoms with van der Waals surface area (Å²) in [5.74, 6) is 0.329. The van der Waals surface area contributed by atoms with E-state index in [9.17, 15) is 0 Å². The molecule has 2 aromatic carbocycles. The first-order chi connectivity index (χ1) is 8.72. The summed E-state index contributed by atoms with van der Waals surface area (Å²) in [4.78, 5) is 0. The molecule has 2 heteroatoms. The zero-order valence-electron chi connectivity index (χ0n) is 10.5. The van der Waals surface area contributed by atoms with Crippen molar-refractivity contribution >= 4 is 0 Å². The third-order valence-corrected chi connectivity index (χ3v) is 2.24. The number of phenolic OH excluding ortho intramolecular Hbond substituents is 1. The summed E-state index contributed by atoms with van der Waals surface area (Å²) in [5.41, 5.74) is 2.34. The van der Waals surface area contributed by atoms with Crippen LogP contribution in [0, 0.1) is 6.92 Å². The van der Waals surface area contributed by atoms with Crippen LogP contribution in [0.2, 0.25) is 0 Å². The van der Waals surface area contributed by atoms with Crippen LogP contribution >= 0.6 is 0 Å². The van der Waals surface area contributed by atoms with Crippen LogP contribution in [0.5, 0.6) is 5.75 Å². The maximum atomic E-state index is 8.76. The molecular formula is C16H18O2. The predicted octanol–water partition coefficient (Wildman–Crippen LogP) is 4.05. The Hall–Kier alpha value is -2.22. The summed E-state index contributed by atoms with van der Waals surface area (Å²) in [6.07, 6.45) is 1.45. The van der Waals surface area contributed by atoms with Gasteiger partial charge in [0.2, 0.25) is 0 Å². The third kappa shape index (κ3) is 5.75. The van der Waals surface area contributed by atoms with E-state index in [1.807, 2.05) is 49.4 Å². The molecule has 0 bridgehead atoms. The lowest BCUT2D eigenvalue weighted by molar-refractivity contribution is 0.237. The Morgan fingerprint density at radius 2 is 1.67 bits per heavy atom. The highest BCUT2D eigenvalue weighted by atomic mass is 16.5. The van der Waals surface area contributed by atoms with Gasteiger partial charge in [0, 0.05) is 0 Å². The average molecular weight is 242 g/mol. The van der Waals surface area contributed by atoms with E-state index in [1.165, 1.54) is 17.4 Å². The number of hydrogen-bond acceptors (Lipinski definition) is 2. The van der Waals surface area contributed by atoms with Gasteiger partial charge in [-0.2, -0.15) is 0 Å². The summed E-state index contributed by atoms with van der Waals surface area (Å²) >= 11 is 0. The fraction of sp³-hybridized carbons (Fsp3) is 0.125. The summed E-state index contributed by atoms with van der Waals surface area (Å²) in [6, 6.07) is 17.1. The van der Waals surface area contributed by atoms with E-state index >= 15 is 0 Å². The predicted molar refractivity (Wildman–Crippen MR) is 74.3 cm³/mol. The molecule has 2 rings (SSSR count). The van der Waals surface area contributed by atoms with Crippen LogP contribution in [0.15, 0.2) is 67.4 Å². The van der Waals surface area contributed by atoms with Crippen LogP contribution in [-0.2, 0) is 11.3 Å². The highest BCUT2D eigenvalue weighted by Gasteiger charge is 1.86. The van der Waals surface area contributed by atoms with Gasteiger partial charge in [0.25, 0.3) is 0 Å². The fourth-order valence-electron chi connectivity index (χ4n) is 1.27. The number of benzene rings is 2. The van der Waals surface area contributed by atoms with Crippen molar-refractivity contribution in [3.8, 4) is 5.75 Å². The molecular weight excluding hydrogens is 224 g/mol. The van der Waals surface area contributed by atoms with Gasteiger partial charge in [0.15, 0.2) is 0 Å². The molecule has 0 amide bonds. The molecule has 0 aliphatic rings. The molecule has 0 spiro atoms. The molecule has 0 saturated heterocycles. The molecule has 0 unspecified atom stereocenters. The molecule has 94 valence electrons. The van der Waals surface area contributed by atoms with Crippen molar-refractivity contribution in [1.82, 2.24) is 0 Å². The smallest absolute Gasteiger partial charge is 0.115 e. The van der Waals surface area contributed by atoms with Gasteiger partial charge in [-0.1, -0.05) is 54.6 Å². The average Bonchev–Trinajstić information content (AvgIpc) is 2.42. The van der Waals surface area contributed by atoms with Crippen molar-refractivity contribution in [2.75, 3.05) is 0 Å². The largest absolute Gasteiger partial charge is 0.508 e. The SMILES string of the molecule is C=COCc1ccccc1.Cc1ccc(O)cc1. The highest BCUT2D eigenvalue weighted by Crippen LogP contribution is 2.07. The first-order valence-corrected chi connectivity index (χ1v) is 5.74. The molecule has 0 fully saturated rings. The van der Waals surface area contributed by atoms with E-state index in [0.717, 1.165) is 0 Å². The molecule has 0 saturated carbocycles. The minimum absolute atomic E-state index is 0.329. The number of aryl methyl sites for hydroxylation is 1. The lowest BCUT2D eigenvalue weighted by Gasteiger charge is -1.98. The van der Waals surface area contributed by atoms with E-state index < -0.39 is 0 Å². The topological polar surface area (TPSA) is 29.5 Å². The summed E-state index contributed by atoms with van der Waals surface area (Å²) in [6.45, 7) is 6.05. The molecule has 0 radical (unpaired) electrons. The van der Waals surface area contributed by atoms with Crippen molar-refractivity contribution in [3.05, 3.63) is 78.6 Å². The molecule has 0 aliphatic carbocycles. The Morgan fingerprint density at radius 1 is 1.06 bits per heavy atom. The Bertz CT molecular complexity index is 425. The Morgan fingerprint density at radius 3 is 2.17 bits per heavy atom. The van der Waals surface area contributed by atoms with E-state index in [4.69, 9.17) is 9.84 Å². The first-order valence-electron chi connectivity index (χ1n) is 5.74. The van der Waals surface area contributed by atoms with Crippen molar-refractivity contribution < 1.29 is 9.84 Å².